The Labute approximate surface area is 129 Å². The minimum Gasteiger partial charge on any atom is -0.313 e. The van der Waals surface area contributed by atoms with E-state index in [1.54, 1.807) is 6.07 Å². The summed E-state index contributed by atoms with van der Waals surface area (Å²) in [5, 5.41) is 3.21. The van der Waals surface area contributed by atoms with Gasteiger partial charge in [-0.15, -0.1) is 0 Å². The van der Waals surface area contributed by atoms with E-state index in [1.165, 1.54) is 0 Å². The Hall–Kier alpha value is -0.430. The van der Waals surface area contributed by atoms with Crippen molar-refractivity contribution >= 4 is 26.0 Å². The van der Waals surface area contributed by atoms with Crippen molar-refractivity contribution in [2.45, 2.75) is 38.1 Å². The molecule has 0 spiro atoms. The van der Waals surface area contributed by atoms with E-state index >= 15 is 0 Å². The minimum absolute atomic E-state index is 0.375. The van der Waals surface area contributed by atoms with Gasteiger partial charge in [0.05, 0.1) is 4.90 Å². The number of halogens is 1. The number of nitrogens with one attached hydrogen (secondary N) is 2. The third-order valence-electron chi connectivity index (χ3n) is 3.48. The number of hydrogen-bond donors (Lipinski definition) is 2. The predicted molar refractivity (Wildman–Crippen MR) is 84.2 cm³/mol. The second kappa shape index (κ2) is 6.56. The fraction of sp³-hybridized carbons (Fsp3) is 0.571. The van der Waals surface area contributed by atoms with Crippen LogP contribution in [0.4, 0.5) is 0 Å². The maximum atomic E-state index is 12.4. The van der Waals surface area contributed by atoms with Crippen molar-refractivity contribution in [3.05, 3.63) is 27.7 Å². The molecule has 2 N–H and O–H groups in total. The topological polar surface area (TPSA) is 58.2 Å². The van der Waals surface area contributed by atoms with Crippen molar-refractivity contribution in [3.63, 3.8) is 0 Å². The molecule has 112 valence electrons. The van der Waals surface area contributed by atoms with Gasteiger partial charge in [-0.05, 0) is 55.5 Å². The van der Waals surface area contributed by atoms with Crippen molar-refractivity contribution in [1.29, 1.82) is 0 Å². The Balaban J connectivity index is 2.25. The van der Waals surface area contributed by atoms with Crippen LogP contribution in [0.2, 0.25) is 0 Å². The van der Waals surface area contributed by atoms with E-state index in [1.807, 2.05) is 19.9 Å². The van der Waals surface area contributed by atoms with Gasteiger partial charge in [0.1, 0.15) is 0 Å². The van der Waals surface area contributed by atoms with E-state index in [2.05, 4.69) is 26.0 Å². The van der Waals surface area contributed by atoms with Crippen molar-refractivity contribution in [2.24, 2.45) is 5.92 Å². The molecule has 0 unspecified atom stereocenters. The molecule has 1 aromatic carbocycles. The van der Waals surface area contributed by atoms with E-state index in [0.29, 0.717) is 23.9 Å². The number of benzene rings is 1. The smallest absolute Gasteiger partial charge is 0.240 e. The number of sulfonamides is 1. The average Bonchev–Trinajstić information content (AvgIpc) is 3.21. The van der Waals surface area contributed by atoms with Gasteiger partial charge < -0.3 is 5.32 Å². The first-order valence-corrected chi connectivity index (χ1v) is 9.21. The molecule has 0 radical (unpaired) electrons. The SMILES string of the molecule is CCNCc1cc(Br)c(C)c(S(=O)(=O)NCC2CC2)c1. The van der Waals surface area contributed by atoms with E-state index in [-0.39, 0.29) is 0 Å². The lowest BCUT2D eigenvalue weighted by Crippen LogP contribution is -2.27. The molecule has 1 aliphatic rings. The summed E-state index contributed by atoms with van der Waals surface area (Å²) in [6.45, 7) is 5.93. The summed E-state index contributed by atoms with van der Waals surface area (Å²) >= 11 is 3.45. The van der Waals surface area contributed by atoms with Crippen LogP contribution in [0, 0.1) is 12.8 Å². The zero-order valence-corrected chi connectivity index (χ0v) is 14.3. The molecule has 1 aromatic rings. The minimum atomic E-state index is -3.42. The standard InChI is InChI=1S/C14H21BrN2O2S/c1-3-16-8-12-6-13(15)10(2)14(7-12)20(18,19)17-9-11-4-5-11/h6-7,11,16-17H,3-5,8-9H2,1-2H3. The van der Waals surface area contributed by atoms with Gasteiger partial charge in [-0.1, -0.05) is 22.9 Å². The largest absolute Gasteiger partial charge is 0.313 e. The molecule has 1 aliphatic carbocycles. The molecule has 20 heavy (non-hydrogen) atoms. The van der Waals surface area contributed by atoms with Crippen molar-refractivity contribution in [3.8, 4) is 0 Å². The van der Waals surface area contributed by atoms with Gasteiger partial charge in [-0.3, -0.25) is 0 Å². The van der Waals surface area contributed by atoms with Crippen LogP contribution >= 0.6 is 15.9 Å². The summed E-state index contributed by atoms with van der Waals surface area (Å²) in [7, 11) is -3.42. The van der Waals surface area contributed by atoms with Gasteiger partial charge in [-0.2, -0.15) is 0 Å². The molecule has 6 heteroatoms. The molecule has 0 aromatic heterocycles. The first kappa shape index (κ1) is 15.9. The summed E-state index contributed by atoms with van der Waals surface area (Å²) < 4.78 is 28.4. The zero-order valence-electron chi connectivity index (χ0n) is 11.9. The molecule has 0 amide bonds. The van der Waals surface area contributed by atoms with Gasteiger partial charge in [0, 0.05) is 17.6 Å². The molecule has 2 rings (SSSR count). The van der Waals surface area contributed by atoms with Gasteiger partial charge in [0.2, 0.25) is 10.0 Å². The molecule has 4 nitrogen and oxygen atoms in total. The van der Waals surface area contributed by atoms with E-state index in [0.717, 1.165) is 35.0 Å². The van der Waals surface area contributed by atoms with E-state index in [4.69, 9.17) is 0 Å². The third-order valence-corrected chi connectivity index (χ3v) is 5.86. The highest BCUT2D eigenvalue weighted by atomic mass is 79.9. The van der Waals surface area contributed by atoms with Crippen LogP contribution in [0.15, 0.2) is 21.5 Å². The molecule has 0 atom stereocenters. The fourth-order valence-electron chi connectivity index (χ4n) is 1.98. The second-order valence-corrected chi connectivity index (χ2v) is 7.87. The fourth-order valence-corrected chi connectivity index (χ4v) is 4.05. The lowest BCUT2D eigenvalue weighted by atomic mass is 10.1. The normalized spacial score (nSPS) is 15.6. The first-order valence-electron chi connectivity index (χ1n) is 6.93. The molecule has 0 heterocycles. The van der Waals surface area contributed by atoms with Crippen LogP contribution in [0.5, 0.6) is 0 Å². The maximum absolute atomic E-state index is 12.4. The molecule has 0 aliphatic heterocycles. The Morgan fingerprint density at radius 3 is 2.65 bits per heavy atom. The monoisotopic (exact) mass is 360 g/mol. The molecular formula is C14H21BrN2O2S. The maximum Gasteiger partial charge on any atom is 0.240 e. The summed E-state index contributed by atoms with van der Waals surface area (Å²) in [6.07, 6.45) is 2.26. The molecule has 1 fully saturated rings. The van der Waals surface area contributed by atoms with Gasteiger partial charge in [-0.25, -0.2) is 13.1 Å². The summed E-state index contributed by atoms with van der Waals surface area (Å²) in [4.78, 5) is 0.375. The van der Waals surface area contributed by atoms with Crippen LogP contribution < -0.4 is 10.0 Å². The van der Waals surface area contributed by atoms with Crippen LogP contribution in [-0.4, -0.2) is 21.5 Å². The van der Waals surface area contributed by atoms with Gasteiger partial charge in [0.15, 0.2) is 0 Å². The quantitative estimate of drug-likeness (QED) is 0.785. The van der Waals surface area contributed by atoms with Crippen LogP contribution in [0.3, 0.4) is 0 Å². The van der Waals surface area contributed by atoms with Crippen LogP contribution in [0.1, 0.15) is 30.9 Å². The summed E-state index contributed by atoms with van der Waals surface area (Å²) in [5.74, 6) is 0.526. The molecule has 0 bridgehead atoms. The third kappa shape index (κ3) is 4.04. The lowest BCUT2D eigenvalue weighted by molar-refractivity contribution is 0.576. The second-order valence-electron chi connectivity index (χ2n) is 5.28. The first-order chi connectivity index (χ1) is 9.44. The Bertz CT molecular complexity index is 583. The highest BCUT2D eigenvalue weighted by Gasteiger charge is 2.25. The number of hydrogen-bond acceptors (Lipinski definition) is 3. The highest BCUT2D eigenvalue weighted by molar-refractivity contribution is 9.10. The zero-order chi connectivity index (χ0) is 14.8. The lowest BCUT2D eigenvalue weighted by Gasteiger charge is -2.13. The van der Waals surface area contributed by atoms with Gasteiger partial charge in [0.25, 0.3) is 0 Å². The van der Waals surface area contributed by atoms with Crippen molar-refractivity contribution in [1.82, 2.24) is 10.0 Å². The highest BCUT2D eigenvalue weighted by Crippen LogP contribution is 2.29. The van der Waals surface area contributed by atoms with Crippen molar-refractivity contribution in [2.75, 3.05) is 13.1 Å². The predicted octanol–water partition coefficient (Wildman–Crippen LogP) is 2.56. The van der Waals surface area contributed by atoms with E-state index in [9.17, 15) is 8.42 Å². The van der Waals surface area contributed by atoms with E-state index < -0.39 is 10.0 Å². The Morgan fingerprint density at radius 2 is 2.05 bits per heavy atom. The molecule has 1 saturated carbocycles. The summed E-state index contributed by atoms with van der Waals surface area (Å²) in [5.41, 5.74) is 1.73. The molecule has 0 saturated heterocycles. The number of rotatable bonds is 7. The molecular weight excluding hydrogens is 340 g/mol. The van der Waals surface area contributed by atoms with Crippen LogP contribution in [-0.2, 0) is 16.6 Å². The Kier molecular flexibility index (Phi) is 5.23. The van der Waals surface area contributed by atoms with Gasteiger partial charge >= 0.3 is 0 Å². The van der Waals surface area contributed by atoms with Crippen LogP contribution in [0.25, 0.3) is 0 Å². The van der Waals surface area contributed by atoms with Crippen molar-refractivity contribution < 1.29 is 8.42 Å². The summed E-state index contributed by atoms with van der Waals surface area (Å²) in [6, 6.07) is 3.73. The Morgan fingerprint density at radius 1 is 1.35 bits per heavy atom. The average molecular weight is 361 g/mol.